The zero-order chi connectivity index (χ0) is 18.6. The van der Waals surface area contributed by atoms with Crippen LogP contribution in [-0.2, 0) is 29.2 Å². The van der Waals surface area contributed by atoms with E-state index in [0.717, 1.165) is 10.4 Å². The lowest BCUT2D eigenvalue weighted by Crippen LogP contribution is -2.33. The van der Waals surface area contributed by atoms with Crippen LogP contribution in [0, 0.1) is 0 Å². The number of rotatable bonds is 6. The van der Waals surface area contributed by atoms with Gasteiger partial charge >= 0.3 is 5.69 Å². The van der Waals surface area contributed by atoms with Gasteiger partial charge in [0.05, 0.1) is 32.7 Å². The molecule has 8 heteroatoms. The van der Waals surface area contributed by atoms with Crippen LogP contribution in [0.5, 0.6) is 0 Å². The highest BCUT2D eigenvalue weighted by molar-refractivity contribution is 7.09. The fourth-order valence-electron chi connectivity index (χ4n) is 3.12. The second-order valence-corrected chi connectivity index (χ2v) is 7.39. The number of nitrogens with one attached hydrogen (secondary N) is 1. The number of aromatic nitrogens is 3. The number of carbonyl (C=O) groups excluding carboxylic acids is 1. The predicted octanol–water partition coefficient (Wildman–Crippen LogP) is 1.93. The minimum absolute atomic E-state index is 0.119. The molecule has 1 aromatic carbocycles. The lowest BCUT2D eigenvalue weighted by Gasteiger charge is -2.22. The second kappa shape index (κ2) is 7.89. The molecule has 7 nitrogen and oxygen atoms in total. The zero-order valence-electron chi connectivity index (χ0n) is 14.7. The molecule has 1 atom stereocenters. The van der Waals surface area contributed by atoms with Crippen LogP contribution >= 0.6 is 11.3 Å². The van der Waals surface area contributed by atoms with Crippen molar-refractivity contribution < 1.29 is 9.53 Å². The standard InChI is InChI=1S/C19H20N4O3S/c24-17(20-12-15-7-4-10-27-15)11-16-18-21-23(13-14-5-2-1-3-6-14)19(25)22(18)8-9-26-16/h1-7,10,16H,8-9,11-13H2,(H,20,24). The summed E-state index contributed by atoms with van der Waals surface area (Å²) in [7, 11) is 0. The van der Waals surface area contributed by atoms with Gasteiger partial charge in [-0.25, -0.2) is 9.48 Å². The van der Waals surface area contributed by atoms with E-state index in [-0.39, 0.29) is 18.0 Å². The van der Waals surface area contributed by atoms with E-state index in [1.165, 1.54) is 4.68 Å². The van der Waals surface area contributed by atoms with Crippen molar-refractivity contribution in [2.45, 2.75) is 32.2 Å². The molecule has 0 saturated heterocycles. The molecule has 0 radical (unpaired) electrons. The Morgan fingerprint density at radius 3 is 2.89 bits per heavy atom. The van der Waals surface area contributed by atoms with Gasteiger partial charge < -0.3 is 10.1 Å². The number of nitrogens with zero attached hydrogens (tertiary/aromatic N) is 3. The third kappa shape index (κ3) is 4.01. The molecule has 140 valence electrons. The molecule has 0 spiro atoms. The molecule has 3 aromatic rings. The highest BCUT2D eigenvalue weighted by Crippen LogP contribution is 2.22. The van der Waals surface area contributed by atoms with Crippen molar-refractivity contribution in [3.63, 3.8) is 0 Å². The highest BCUT2D eigenvalue weighted by atomic mass is 32.1. The Morgan fingerprint density at radius 1 is 1.26 bits per heavy atom. The molecule has 0 bridgehead atoms. The SMILES string of the molecule is O=C(CC1OCCn2c1nn(Cc1ccccc1)c2=O)NCc1cccs1. The molecule has 4 rings (SSSR count). The van der Waals surface area contributed by atoms with Gasteiger partial charge in [-0.05, 0) is 17.0 Å². The number of amides is 1. The number of carbonyl (C=O) groups is 1. The van der Waals surface area contributed by atoms with Crippen molar-refractivity contribution in [2.24, 2.45) is 0 Å². The third-order valence-corrected chi connectivity index (χ3v) is 5.34. The van der Waals surface area contributed by atoms with Crippen LogP contribution in [0.15, 0.2) is 52.6 Å². The molecular formula is C19H20N4O3S. The first-order valence-corrected chi connectivity index (χ1v) is 9.71. The molecule has 27 heavy (non-hydrogen) atoms. The molecule has 1 unspecified atom stereocenters. The van der Waals surface area contributed by atoms with Crippen LogP contribution in [0.3, 0.4) is 0 Å². The molecule has 0 saturated carbocycles. The summed E-state index contributed by atoms with van der Waals surface area (Å²) in [4.78, 5) is 26.0. The summed E-state index contributed by atoms with van der Waals surface area (Å²) in [6, 6.07) is 13.6. The van der Waals surface area contributed by atoms with Crippen LogP contribution in [0.1, 0.15) is 28.8 Å². The van der Waals surface area contributed by atoms with Gasteiger partial charge in [-0.3, -0.25) is 9.36 Å². The Labute approximate surface area is 160 Å². The first-order chi connectivity index (χ1) is 13.2. The van der Waals surface area contributed by atoms with E-state index in [4.69, 9.17) is 4.74 Å². The van der Waals surface area contributed by atoms with Gasteiger partial charge in [0, 0.05) is 4.88 Å². The van der Waals surface area contributed by atoms with Gasteiger partial charge in [-0.15, -0.1) is 11.3 Å². The van der Waals surface area contributed by atoms with Crippen LogP contribution in [0.25, 0.3) is 0 Å². The average molecular weight is 384 g/mol. The molecule has 1 N–H and O–H groups in total. The minimum atomic E-state index is -0.508. The Balaban J connectivity index is 1.47. The lowest BCUT2D eigenvalue weighted by molar-refractivity contribution is -0.125. The van der Waals surface area contributed by atoms with Crippen LogP contribution in [0.2, 0.25) is 0 Å². The van der Waals surface area contributed by atoms with Gasteiger partial charge in [-0.1, -0.05) is 36.4 Å². The lowest BCUT2D eigenvalue weighted by atomic mass is 10.2. The van der Waals surface area contributed by atoms with Gasteiger partial charge in [0.1, 0.15) is 6.10 Å². The Bertz CT molecular complexity index is 963. The molecule has 1 aliphatic heterocycles. The van der Waals surface area contributed by atoms with Gasteiger partial charge in [0.2, 0.25) is 5.91 Å². The van der Waals surface area contributed by atoms with Crippen molar-refractivity contribution in [2.75, 3.05) is 6.61 Å². The monoisotopic (exact) mass is 384 g/mol. The Kier molecular flexibility index (Phi) is 5.17. The summed E-state index contributed by atoms with van der Waals surface area (Å²) in [5.41, 5.74) is 0.836. The summed E-state index contributed by atoms with van der Waals surface area (Å²) >= 11 is 1.60. The number of fused-ring (bicyclic) bond motifs is 1. The molecule has 1 amide bonds. The molecule has 0 aliphatic carbocycles. The maximum Gasteiger partial charge on any atom is 0.346 e. The largest absolute Gasteiger partial charge is 0.368 e. The molecule has 1 aliphatic rings. The summed E-state index contributed by atoms with van der Waals surface area (Å²) < 4.78 is 8.79. The second-order valence-electron chi connectivity index (χ2n) is 6.36. The van der Waals surface area contributed by atoms with E-state index in [1.807, 2.05) is 47.8 Å². The smallest absolute Gasteiger partial charge is 0.346 e. The van der Waals surface area contributed by atoms with Crippen LogP contribution in [0.4, 0.5) is 0 Å². The minimum Gasteiger partial charge on any atom is -0.368 e. The van der Waals surface area contributed by atoms with Crippen molar-refractivity contribution in [3.05, 3.63) is 74.6 Å². The molecule has 3 heterocycles. The van der Waals surface area contributed by atoms with E-state index < -0.39 is 6.10 Å². The van der Waals surface area contributed by atoms with Gasteiger partial charge in [0.15, 0.2) is 5.82 Å². The molecule has 2 aromatic heterocycles. The number of ether oxygens (including phenoxy) is 1. The third-order valence-electron chi connectivity index (χ3n) is 4.46. The quantitative estimate of drug-likeness (QED) is 0.704. The number of thiophene rings is 1. The molecule has 0 fully saturated rings. The van der Waals surface area contributed by atoms with E-state index in [1.54, 1.807) is 15.9 Å². The van der Waals surface area contributed by atoms with Crippen LogP contribution < -0.4 is 11.0 Å². The van der Waals surface area contributed by atoms with Crippen molar-refractivity contribution >= 4 is 17.2 Å². The summed E-state index contributed by atoms with van der Waals surface area (Å²) in [6.07, 6.45) is -0.362. The fraction of sp³-hybridized carbons (Fsp3) is 0.316. The van der Waals surface area contributed by atoms with E-state index >= 15 is 0 Å². The zero-order valence-corrected chi connectivity index (χ0v) is 15.5. The normalized spacial score (nSPS) is 16.1. The summed E-state index contributed by atoms with van der Waals surface area (Å²) in [6.45, 7) is 1.75. The first-order valence-electron chi connectivity index (χ1n) is 8.83. The maximum absolute atomic E-state index is 12.6. The van der Waals surface area contributed by atoms with E-state index in [0.29, 0.717) is 32.1 Å². The number of benzene rings is 1. The van der Waals surface area contributed by atoms with E-state index in [2.05, 4.69) is 10.4 Å². The predicted molar refractivity (Wildman–Crippen MR) is 102 cm³/mol. The number of hydrogen-bond donors (Lipinski definition) is 1. The topological polar surface area (TPSA) is 78.2 Å². The Hall–Kier alpha value is -2.71. The maximum atomic E-state index is 12.6. The summed E-state index contributed by atoms with van der Waals surface area (Å²) in [5, 5.41) is 9.32. The molecular weight excluding hydrogens is 364 g/mol. The van der Waals surface area contributed by atoms with E-state index in [9.17, 15) is 9.59 Å². The first kappa shape index (κ1) is 17.7. The van der Waals surface area contributed by atoms with Gasteiger partial charge in [0.25, 0.3) is 0 Å². The number of hydrogen-bond acceptors (Lipinski definition) is 5. The summed E-state index contributed by atoms with van der Waals surface area (Å²) in [5.74, 6) is 0.403. The van der Waals surface area contributed by atoms with Crippen molar-refractivity contribution in [3.8, 4) is 0 Å². The van der Waals surface area contributed by atoms with Gasteiger partial charge in [-0.2, -0.15) is 5.10 Å². The average Bonchev–Trinajstić information content (AvgIpc) is 3.31. The van der Waals surface area contributed by atoms with Crippen molar-refractivity contribution in [1.82, 2.24) is 19.7 Å². The van der Waals surface area contributed by atoms with Crippen LogP contribution in [-0.4, -0.2) is 26.9 Å². The highest BCUT2D eigenvalue weighted by Gasteiger charge is 2.28. The van der Waals surface area contributed by atoms with Crippen molar-refractivity contribution in [1.29, 1.82) is 0 Å². The Morgan fingerprint density at radius 2 is 2.11 bits per heavy atom. The fourth-order valence-corrected chi connectivity index (χ4v) is 3.76.